The first-order valence-electron chi connectivity index (χ1n) is 7.80. The lowest BCUT2D eigenvalue weighted by molar-refractivity contribution is 0.0694. The van der Waals surface area contributed by atoms with Gasteiger partial charge in [0.25, 0.3) is 0 Å². The molecular weight excluding hydrogens is 316 g/mol. The van der Waals surface area contributed by atoms with Gasteiger partial charge in [-0.15, -0.1) is 0 Å². The lowest BCUT2D eigenvalue weighted by atomic mass is 10.1. The summed E-state index contributed by atoms with van der Waals surface area (Å²) in [6, 6.07) is 6.77. The molecule has 0 atom stereocenters. The standard InChI is InChI=1S/C18H15F2NO3/c19-11-8-14(20)17-13-2-1-10(18(22)23)7-15(13)21(16(17)9-11)12-3-5-24-6-4-12/h1-2,7-9,12H,3-6H2,(H,22,23). The lowest BCUT2D eigenvalue weighted by Gasteiger charge is -2.25. The normalized spacial score (nSPS) is 16.1. The molecule has 3 aromatic rings. The van der Waals surface area contributed by atoms with Crippen LogP contribution < -0.4 is 0 Å². The van der Waals surface area contributed by atoms with Crippen molar-refractivity contribution in [3.63, 3.8) is 0 Å². The van der Waals surface area contributed by atoms with Crippen LogP contribution in [-0.2, 0) is 4.74 Å². The van der Waals surface area contributed by atoms with Gasteiger partial charge in [-0.25, -0.2) is 13.6 Å². The van der Waals surface area contributed by atoms with Gasteiger partial charge in [-0.1, -0.05) is 6.07 Å². The third-order valence-corrected chi connectivity index (χ3v) is 4.62. The molecule has 0 aliphatic carbocycles. The molecule has 2 heterocycles. The second-order valence-electron chi connectivity index (χ2n) is 6.03. The monoisotopic (exact) mass is 331 g/mol. The smallest absolute Gasteiger partial charge is 0.335 e. The highest BCUT2D eigenvalue weighted by Crippen LogP contribution is 2.37. The van der Waals surface area contributed by atoms with Crippen molar-refractivity contribution in [2.24, 2.45) is 0 Å². The van der Waals surface area contributed by atoms with Gasteiger partial charge in [0, 0.05) is 36.1 Å². The Kier molecular flexibility index (Phi) is 3.49. The second-order valence-corrected chi connectivity index (χ2v) is 6.03. The fourth-order valence-electron chi connectivity index (χ4n) is 3.56. The van der Waals surface area contributed by atoms with E-state index in [1.54, 1.807) is 6.07 Å². The van der Waals surface area contributed by atoms with Crippen molar-refractivity contribution in [2.45, 2.75) is 18.9 Å². The van der Waals surface area contributed by atoms with Crippen LogP contribution in [0.25, 0.3) is 21.8 Å². The van der Waals surface area contributed by atoms with Crippen LogP contribution in [0.5, 0.6) is 0 Å². The Labute approximate surface area is 136 Å². The summed E-state index contributed by atoms with van der Waals surface area (Å²) in [6.45, 7) is 1.14. The molecule has 4 nitrogen and oxygen atoms in total. The summed E-state index contributed by atoms with van der Waals surface area (Å²) < 4.78 is 35.5. The summed E-state index contributed by atoms with van der Waals surface area (Å²) in [4.78, 5) is 11.3. The minimum atomic E-state index is -1.05. The molecule has 0 unspecified atom stereocenters. The molecule has 0 bridgehead atoms. The van der Waals surface area contributed by atoms with E-state index in [-0.39, 0.29) is 11.6 Å². The van der Waals surface area contributed by atoms with E-state index in [0.717, 1.165) is 6.07 Å². The highest BCUT2D eigenvalue weighted by molar-refractivity contribution is 6.10. The molecule has 0 spiro atoms. The number of benzene rings is 2. The average molecular weight is 331 g/mol. The van der Waals surface area contributed by atoms with E-state index in [2.05, 4.69) is 0 Å². The van der Waals surface area contributed by atoms with Crippen LogP contribution in [0.4, 0.5) is 8.78 Å². The Morgan fingerprint density at radius 3 is 2.58 bits per heavy atom. The van der Waals surface area contributed by atoms with Gasteiger partial charge in [0.15, 0.2) is 0 Å². The second kappa shape index (κ2) is 5.56. The van der Waals surface area contributed by atoms with Crippen LogP contribution in [0.3, 0.4) is 0 Å². The van der Waals surface area contributed by atoms with E-state index in [9.17, 15) is 18.7 Å². The van der Waals surface area contributed by atoms with Gasteiger partial charge >= 0.3 is 5.97 Å². The molecule has 1 aliphatic rings. The minimum absolute atomic E-state index is 0.0176. The van der Waals surface area contributed by atoms with Gasteiger partial charge in [0.1, 0.15) is 11.6 Å². The van der Waals surface area contributed by atoms with Crippen molar-refractivity contribution in [1.82, 2.24) is 4.57 Å². The van der Waals surface area contributed by atoms with Crippen LogP contribution in [0, 0.1) is 11.6 Å². The number of fused-ring (bicyclic) bond motifs is 3. The molecule has 0 saturated carbocycles. The van der Waals surface area contributed by atoms with Crippen molar-refractivity contribution in [3.05, 3.63) is 47.5 Å². The molecule has 0 radical (unpaired) electrons. The van der Waals surface area contributed by atoms with Crippen molar-refractivity contribution in [2.75, 3.05) is 13.2 Å². The number of aromatic nitrogens is 1. The molecule has 4 rings (SSSR count). The Morgan fingerprint density at radius 1 is 1.12 bits per heavy atom. The molecule has 24 heavy (non-hydrogen) atoms. The third-order valence-electron chi connectivity index (χ3n) is 4.62. The van der Waals surface area contributed by atoms with Crippen molar-refractivity contribution in [1.29, 1.82) is 0 Å². The number of rotatable bonds is 2. The molecule has 124 valence electrons. The van der Waals surface area contributed by atoms with E-state index in [1.807, 2.05) is 4.57 Å². The topological polar surface area (TPSA) is 51.5 Å². The van der Waals surface area contributed by atoms with Gasteiger partial charge in [-0.05, 0) is 31.0 Å². The SMILES string of the molecule is O=C(O)c1ccc2c3c(F)cc(F)cc3n(C3CCOCC3)c2c1. The van der Waals surface area contributed by atoms with Crippen LogP contribution in [0.2, 0.25) is 0 Å². The zero-order valence-electron chi connectivity index (χ0n) is 12.8. The van der Waals surface area contributed by atoms with Crippen LogP contribution in [0.1, 0.15) is 29.2 Å². The first-order valence-corrected chi connectivity index (χ1v) is 7.80. The number of halogens is 2. The first-order chi connectivity index (χ1) is 11.6. The molecule has 1 saturated heterocycles. The van der Waals surface area contributed by atoms with E-state index in [4.69, 9.17) is 4.74 Å². The van der Waals surface area contributed by atoms with Crippen LogP contribution >= 0.6 is 0 Å². The predicted octanol–water partition coefficient (Wildman–Crippen LogP) is 4.12. The molecule has 6 heteroatoms. The maximum absolute atomic E-state index is 14.4. The predicted molar refractivity (Wildman–Crippen MR) is 85.4 cm³/mol. The summed E-state index contributed by atoms with van der Waals surface area (Å²) >= 11 is 0. The van der Waals surface area contributed by atoms with Crippen molar-refractivity contribution >= 4 is 27.8 Å². The van der Waals surface area contributed by atoms with Gasteiger partial charge in [-0.3, -0.25) is 0 Å². The van der Waals surface area contributed by atoms with Crippen LogP contribution in [-0.4, -0.2) is 28.9 Å². The van der Waals surface area contributed by atoms with Gasteiger partial charge in [0.05, 0.1) is 16.6 Å². The van der Waals surface area contributed by atoms with Gasteiger partial charge < -0.3 is 14.4 Å². The number of aromatic carboxylic acids is 1. The number of nitrogens with zero attached hydrogens (tertiary/aromatic N) is 1. The van der Waals surface area contributed by atoms with Crippen molar-refractivity contribution < 1.29 is 23.4 Å². The number of carbonyl (C=O) groups is 1. The summed E-state index contributed by atoms with van der Waals surface area (Å²) in [5, 5.41) is 10.2. The first kappa shape index (κ1) is 15.1. The van der Waals surface area contributed by atoms with E-state index >= 15 is 0 Å². The fraction of sp³-hybridized carbons (Fsp3) is 0.278. The molecule has 1 aromatic heterocycles. The van der Waals surface area contributed by atoms with Gasteiger partial charge in [-0.2, -0.15) is 0 Å². The average Bonchev–Trinajstić information content (AvgIpc) is 2.88. The number of ether oxygens (including phenoxy) is 1. The number of carboxylic acids is 1. The zero-order valence-corrected chi connectivity index (χ0v) is 12.8. The Bertz CT molecular complexity index is 958. The zero-order chi connectivity index (χ0) is 16.8. The summed E-state index contributed by atoms with van der Waals surface area (Å²) in [6.07, 6.45) is 1.43. The number of hydrogen-bond donors (Lipinski definition) is 1. The lowest BCUT2D eigenvalue weighted by Crippen LogP contribution is -2.19. The highest BCUT2D eigenvalue weighted by Gasteiger charge is 2.23. The molecule has 2 aromatic carbocycles. The maximum atomic E-state index is 14.4. The molecule has 1 aliphatic heterocycles. The van der Waals surface area contributed by atoms with Crippen molar-refractivity contribution in [3.8, 4) is 0 Å². The minimum Gasteiger partial charge on any atom is -0.478 e. The fourth-order valence-corrected chi connectivity index (χ4v) is 3.56. The summed E-state index contributed by atoms with van der Waals surface area (Å²) in [5.74, 6) is -2.33. The van der Waals surface area contributed by atoms with Gasteiger partial charge in [0.2, 0.25) is 0 Å². The largest absolute Gasteiger partial charge is 0.478 e. The Hall–Kier alpha value is -2.47. The van der Waals surface area contributed by atoms with E-state index < -0.39 is 17.6 Å². The number of hydrogen-bond acceptors (Lipinski definition) is 2. The Morgan fingerprint density at radius 2 is 1.88 bits per heavy atom. The third kappa shape index (κ3) is 2.26. The highest BCUT2D eigenvalue weighted by atomic mass is 19.1. The molecule has 0 amide bonds. The van der Waals surface area contributed by atoms with E-state index in [0.29, 0.717) is 47.9 Å². The number of carboxylic acid groups (broad SMARTS) is 1. The summed E-state index contributed by atoms with van der Waals surface area (Å²) in [7, 11) is 0. The molecular formula is C18H15F2NO3. The molecule has 1 fully saturated rings. The van der Waals surface area contributed by atoms with Crippen LogP contribution in [0.15, 0.2) is 30.3 Å². The quantitative estimate of drug-likeness (QED) is 0.768. The summed E-state index contributed by atoms with van der Waals surface area (Å²) in [5.41, 5.74) is 1.19. The Balaban J connectivity index is 2.10. The van der Waals surface area contributed by atoms with E-state index in [1.165, 1.54) is 18.2 Å². The molecule has 1 N–H and O–H groups in total. The maximum Gasteiger partial charge on any atom is 0.335 e.